The van der Waals surface area contributed by atoms with Crippen molar-refractivity contribution in [3.63, 3.8) is 0 Å². The van der Waals surface area contributed by atoms with Gasteiger partial charge in [0.15, 0.2) is 11.6 Å². The molecule has 1 aromatic carbocycles. The third-order valence-electron chi connectivity index (χ3n) is 7.12. The van der Waals surface area contributed by atoms with Gasteiger partial charge in [0.1, 0.15) is 11.9 Å². The lowest BCUT2D eigenvalue weighted by Crippen LogP contribution is -2.46. The van der Waals surface area contributed by atoms with E-state index in [0.717, 1.165) is 28.9 Å². The van der Waals surface area contributed by atoms with E-state index in [1.807, 2.05) is 32.9 Å². The van der Waals surface area contributed by atoms with Gasteiger partial charge in [0.05, 0.1) is 17.0 Å². The highest BCUT2D eigenvalue weighted by molar-refractivity contribution is 6.02. The number of carbonyl (C=O) groups excluding carboxylic acids is 1. The van der Waals surface area contributed by atoms with Gasteiger partial charge in [0.25, 0.3) is 0 Å². The first-order valence-electron chi connectivity index (χ1n) is 11.1. The molecule has 2 heterocycles. The molecule has 5 rings (SSSR count). The largest absolute Gasteiger partial charge is 0.293 e. The van der Waals surface area contributed by atoms with E-state index in [-0.39, 0.29) is 29.0 Å². The molecule has 2 aliphatic rings. The Balaban J connectivity index is 1.84. The fraction of sp³-hybridized carbons (Fsp3) is 0.296. The number of aryl methyl sites for hydroxylation is 1. The Morgan fingerprint density at radius 2 is 2.00 bits per heavy atom. The van der Waals surface area contributed by atoms with Crippen LogP contribution in [0.25, 0.3) is 22.6 Å². The van der Waals surface area contributed by atoms with Crippen molar-refractivity contribution >= 4 is 5.78 Å². The lowest BCUT2D eigenvalue weighted by atomic mass is 9.57. The molecule has 6 heteroatoms. The lowest BCUT2D eigenvalue weighted by molar-refractivity contribution is -0.121. The minimum absolute atomic E-state index is 0.00463. The maximum atomic E-state index is 14.9. The summed E-state index contributed by atoms with van der Waals surface area (Å²) in [5.74, 6) is -0.262. The van der Waals surface area contributed by atoms with Crippen LogP contribution in [0.1, 0.15) is 37.2 Å². The summed E-state index contributed by atoms with van der Waals surface area (Å²) in [5.41, 5.74) is 3.79. The number of hydrogen-bond donors (Lipinski definition) is 0. The number of rotatable bonds is 2. The van der Waals surface area contributed by atoms with E-state index in [0.29, 0.717) is 23.5 Å². The second-order valence-corrected chi connectivity index (χ2v) is 9.14. The predicted molar refractivity (Wildman–Crippen MR) is 122 cm³/mol. The number of nitriles is 1. The summed E-state index contributed by atoms with van der Waals surface area (Å²) >= 11 is 0. The first-order valence-corrected chi connectivity index (χ1v) is 11.1. The molecule has 0 spiro atoms. The number of hydrogen-bond acceptors (Lipinski definition) is 5. The summed E-state index contributed by atoms with van der Waals surface area (Å²) in [4.78, 5) is 26.8. The Bertz CT molecular complexity index is 1370. The van der Waals surface area contributed by atoms with Crippen LogP contribution in [0.2, 0.25) is 0 Å². The van der Waals surface area contributed by atoms with E-state index < -0.39 is 5.41 Å². The van der Waals surface area contributed by atoms with Gasteiger partial charge < -0.3 is 0 Å². The van der Waals surface area contributed by atoms with Crippen LogP contribution < -0.4 is 0 Å². The number of aromatic nitrogens is 3. The molecule has 2 aliphatic carbocycles. The molecule has 0 amide bonds. The molecule has 164 valence electrons. The van der Waals surface area contributed by atoms with Gasteiger partial charge in [0, 0.05) is 39.9 Å². The van der Waals surface area contributed by atoms with Gasteiger partial charge in [-0.15, -0.1) is 0 Å². The number of carbonyl (C=O) groups is 1. The van der Waals surface area contributed by atoms with E-state index in [9.17, 15) is 14.4 Å². The average Bonchev–Trinajstić information content (AvgIpc) is 2.81. The zero-order valence-electron chi connectivity index (χ0n) is 18.8. The molecule has 3 aromatic rings. The van der Waals surface area contributed by atoms with E-state index in [2.05, 4.69) is 11.1 Å². The van der Waals surface area contributed by atoms with Gasteiger partial charge in [0.2, 0.25) is 0 Å². The van der Waals surface area contributed by atoms with E-state index >= 15 is 0 Å². The molecule has 33 heavy (non-hydrogen) atoms. The van der Waals surface area contributed by atoms with Crippen molar-refractivity contribution in [2.75, 3.05) is 0 Å². The van der Waals surface area contributed by atoms with E-state index in [1.165, 1.54) is 6.07 Å². The molecule has 0 fully saturated rings. The Kier molecular flexibility index (Phi) is 4.93. The SMILES string of the molecule is Cc1cc(-c2nc(-c3ccccc3F)c3c(n2)[C@]2(C)C=C(C#N)C(=O)[C@H](C)[C@H]2CC3)ccn1. The summed E-state index contributed by atoms with van der Waals surface area (Å²) in [6, 6.07) is 12.4. The molecule has 3 atom stereocenters. The first kappa shape index (κ1) is 21.1. The molecule has 2 aromatic heterocycles. The molecule has 0 unspecified atom stereocenters. The summed E-state index contributed by atoms with van der Waals surface area (Å²) in [5, 5.41) is 9.64. The zero-order valence-corrected chi connectivity index (χ0v) is 18.8. The summed E-state index contributed by atoms with van der Waals surface area (Å²) in [6.07, 6.45) is 4.86. The zero-order chi connectivity index (χ0) is 23.3. The van der Waals surface area contributed by atoms with Crippen molar-refractivity contribution in [3.8, 4) is 28.7 Å². The van der Waals surface area contributed by atoms with Gasteiger partial charge in [-0.25, -0.2) is 14.4 Å². The van der Waals surface area contributed by atoms with Gasteiger partial charge in [-0.1, -0.05) is 32.1 Å². The number of Topliss-reactive ketones (excluding diaryl/α,β-unsaturated/α-hetero) is 1. The number of pyridine rings is 1. The second kappa shape index (κ2) is 7.70. The lowest BCUT2D eigenvalue weighted by Gasteiger charge is -2.45. The number of nitrogens with zero attached hydrogens (tertiary/aromatic N) is 4. The summed E-state index contributed by atoms with van der Waals surface area (Å²) < 4.78 is 14.9. The summed E-state index contributed by atoms with van der Waals surface area (Å²) in [6.45, 7) is 5.83. The number of fused-ring (bicyclic) bond motifs is 3. The number of ketones is 1. The summed E-state index contributed by atoms with van der Waals surface area (Å²) in [7, 11) is 0. The fourth-order valence-corrected chi connectivity index (χ4v) is 5.46. The number of benzene rings is 1. The van der Waals surface area contributed by atoms with Crippen molar-refractivity contribution in [3.05, 3.63) is 77.0 Å². The van der Waals surface area contributed by atoms with Gasteiger partial charge in [-0.2, -0.15) is 5.26 Å². The highest BCUT2D eigenvalue weighted by atomic mass is 19.1. The molecule has 0 bridgehead atoms. The van der Waals surface area contributed by atoms with Gasteiger partial charge >= 0.3 is 0 Å². The highest BCUT2D eigenvalue weighted by Gasteiger charge is 2.49. The normalized spacial score (nSPS) is 23.8. The van der Waals surface area contributed by atoms with Crippen LogP contribution in [0.5, 0.6) is 0 Å². The molecular formula is C27H23FN4O. The molecular weight excluding hydrogens is 415 g/mol. The third kappa shape index (κ3) is 3.27. The fourth-order valence-electron chi connectivity index (χ4n) is 5.46. The third-order valence-corrected chi connectivity index (χ3v) is 7.12. The van der Waals surface area contributed by atoms with E-state index in [4.69, 9.17) is 9.97 Å². The van der Waals surface area contributed by atoms with Crippen LogP contribution >= 0.6 is 0 Å². The van der Waals surface area contributed by atoms with Crippen molar-refractivity contribution in [2.45, 2.75) is 39.0 Å². The van der Waals surface area contributed by atoms with Crippen molar-refractivity contribution in [2.24, 2.45) is 11.8 Å². The standard InChI is InChI=1S/C27H23FN4O/c1-15-12-17(10-11-30-15)26-31-23(19-6-4-5-7-22(19)28)20-8-9-21-16(2)24(33)18(14-29)13-27(21,3)25(20)32-26/h4-7,10-13,16,21H,8-9H2,1-3H3/t16-,21-,27-/m1/s1. The Morgan fingerprint density at radius 1 is 1.21 bits per heavy atom. The smallest absolute Gasteiger partial charge is 0.176 e. The van der Waals surface area contributed by atoms with Crippen LogP contribution in [0.15, 0.2) is 54.2 Å². The van der Waals surface area contributed by atoms with Crippen LogP contribution in [0.4, 0.5) is 4.39 Å². The molecule has 0 N–H and O–H groups in total. The minimum atomic E-state index is -0.633. The van der Waals surface area contributed by atoms with Gasteiger partial charge in [-0.05, 0) is 49.9 Å². The highest BCUT2D eigenvalue weighted by Crippen LogP contribution is 2.51. The van der Waals surface area contributed by atoms with Crippen LogP contribution in [-0.2, 0) is 16.6 Å². The molecule has 0 radical (unpaired) electrons. The average molecular weight is 439 g/mol. The quantitative estimate of drug-likeness (QED) is 0.553. The molecule has 0 aliphatic heterocycles. The number of halogens is 1. The van der Waals surface area contributed by atoms with Crippen LogP contribution in [0.3, 0.4) is 0 Å². The van der Waals surface area contributed by atoms with Gasteiger partial charge in [-0.3, -0.25) is 9.78 Å². The maximum Gasteiger partial charge on any atom is 0.176 e. The van der Waals surface area contributed by atoms with Crippen molar-refractivity contribution in [1.29, 1.82) is 5.26 Å². The van der Waals surface area contributed by atoms with Crippen molar-refractivity contribution in [1.82, 2.24) is 15.0 Å². The van der Waals surface area contributed by atoms with Crippen molar-refractivity contribution < 1.29 is 9.18 Å². The molecule has 0 saturated carbocycles. The molecule has 0 saturated heterocycles. The Labute approximate surface area is 192 Å². The van der Waals surface area contributed by atoms with E-state index in [1.54, 1.807) is 30.5 Å². The second-order valence-electron chi connectivity index (χ2n) is 9.14. The molecule has 5 nitrogen and oxygen atoms in total. The van der Waals surface area contributed by atoms with Crippen LogP contribution in [0, 0.1) is 35.9 Å². The Hall–Kier alpha value is -3.72. The predicted octanol–water partition coefficient (Wildman–Crippen LogP) is 5.14. The first-order chi connectivity index (χ1) is 15.8. The maximum absolute atomic E-state index is 14.9. The monoisotopic (exact) mass is 438 g/mol. The van der Waals surface area contributed by atoms with Crippen LogP contribution in [-0.4, -0.2) is 20.7 Å². The number of allylic oxidation sites excluding steroid dienone is 2. The Morgan fingerprint density at radius 3 is 2.73 bits per heavy atom. The minimum Gasteiger partial charge on any atom is -0.293 e. The topological polar surface area (TPSA) is 79.5 Å².